The van der Waals surface area contributed by atoms with Gasteiger partial charge in [0.25, 0.3) is 5.91 Å². The van der Waals surface area contributed by atoms with E-state index >= 15 is 4.39 Å². The summed E-state index contributed by atoms with van der Waals surface area (Å²) in [6.07, 6.45) is 1.96. The molecule has 0 radical (unpaired) electrons. The summed E-state index contributed by atoms with van der Waals surface area (Å²) in [5.41, 5.74) is 2.13. The molecule has 0 aliphatic carbocycles. The second kappa shape index (κ2) is 20.5. The van der Waals surface area contributed by atoms with Crippen LogP contribution in [-0.2, 0) is 22.6 Å². The number of phenols is 1. The van der Waals surface area contributed by atoms with E-state index < -0.39 is 35.2 Å². The lowest BCUT2D eigenvalue weighted by atomic mass is 10.0. The normalized spacial score (nSPS) is 15.8. The van der Waals surface area contributed by atoms with Crippen molar-refractivity contribution in [1.29, 1.82) is 0 Å². The fourth-order valence-electron chi connectivity index (χ4n) is 8.97. The molecule has 3 aliphatic heterocycles. The Balaban J connectivity index is 0.000000188. The molecule has 3 aliphatic rings. The van der Waals surface area contributed by atoms with E-state index in [4.69, 9.17) is 39.2 Å². The average Bonchev–Trinajstić information content (AvgIpc) is 3.36. The first-order valence-electron chi connectivity index (χ1n) is 21.7. The number of benzene rings is 4. The molecule has 20 heteroatoms. The summed E-state index contributed by atoms with van der Waals surface area (Å²) in [4.78, 5) is 54.7. The number of rotatable bonds is 9. The van der Waals surface area contributed by atoms with Crippen molar-refractivity contribution < 1.29 is 37.3 Å². The fraction of sp³-hybridized carbons (Fsp3) is 0.286. The number of amides is 2. The number of ether oxygens (including phenoxy) is 2. The van der Waals surface area contributed by atoms with E-state index in [1.165, 1.54) is 43.4 Å². The van der Waals surface area contributed by atoms with Crippen molar-refractivity contribution >= 4 is 74.0 Å². The van der Waals surface area contributed by atoms with Crippen LogP contribution in [0.2, 0.25) is 10.0 Å². The second-order valence-corrected chi connectivity index (χ2v) is 17.0. The molecule has 69 heavy (non-hydrogen) atoms. The monoisotopic (exact) mass is 980 g/mol. The van der Waals surface area contributed by atoms with Gasteiger partial charge in [-0.15, -0.1) is 0 Å². The zero-order chi connectivity index (χ0) is 49.1. The van der Waals surface area contributed by atoms with Crippen LogP contribution in [0.25, 0.3) is 37.6 Å². The summed E-state index contributed by atoms with van der Waals surface area (Å²) in [7, 11) is 2.88. The van der Waals surface area contributed by atoms with Crippen molar-refractivity contribution in [2.45, 2.75) is 19.0 Å². The number of aromatic hydroxyl groups is 1. The van der Waals surface area contributed by atoms with Crippen LogP contribution >= 0.6 is 23.2 Å². The predicted molar refractivity (Wildman–Crippen MR) is 259 cm³/mol. The Labute approximate surface area is 405 Å². The van der Waals surface area contributed by atoms with Crippen LogP contribution in [-0.4, -0.2) is 126 Å². The molecular formula is C49H45Cl2F3N10O5. The van der Waals surface area contributed by atoms with Crippen LogP contribution in [0.15, 0.2) is 85.7 Å². The Bertz CT molecular complexity index is 3030. The van der Waals surface area contributed by atoms with E-state index in [0.29, 0.717) is 68.5 Å². The lowest BCUT2D eigenvalue weighted by Gasteiger charge is -2.41. The quantitative estimate of drug-likeness (QED) is 0.111. The number of carbonyl (C=O) groups excluding carboxylic acids is 2. The van der Waals surface area contributed by atoms with E-state index in [1.807, 2.05) is 40.1 Å². The molecule has 2 fully saturated rings. The minimum atomic E-state index is -1.02. The van der Waals surface area contributed by atoms with Gasteiger partial charge in [0.1, 0.15) is 34.8 Å². The molecule has 5 heterocycles. The molecule has 0 bridgehead atoms. The number of methoxy groups -OCH3 is 2. The molecule has 2 saturated heterocycles. The summed E-state index contributed by atoms with van der Waals surface area (Å²) in [5, 5.41) is 13.1. The molecule has 2 amide bonds. The second-order valence-electron chi connectivity index (χ2n) is 16.2. The van der Waals surface area contributed by atoms with E-state index in [1.54, 1.807) is 4.90 Å². The van der Waals surface area contributed by atoms with E-state index in [0.717, 1.165) is 46.1 Å². The number of carbonyl (C=O) groups is 2. The maximum absolute atomic E-state index is 15.7. The molecule has 1 N–H and O–H groups in total. The standard InChI is InChI=1S/C27H26ClFN6O2.C22H19ClF2N4O3/c1-17(29)26(36)35-13-12-34(15-19(35)14-30-2)25-20-10-11-33(16-22(20)31-27(32-25)37-3)23-9-5-7-18-6-4-8-21(28)24(18)23;1-3-16(31)28-7-9-29(10-8-28)21-12-11-13(23)17(18-14(24)5-4-6-15(18)30)19(25)20(12)26-22(27-21)32-2/h4-9,19H,1,10-16H2,3H3;3-6,11,30H,1,7-10H2,2H3/t19-;/m0./s1. The van der Waals surface area contributed by atoms with Gasteiger partial charge in [0.05, 0.1) is 42.1 Å². The summed E-state index contributed by atoms with van der Waals surface area (Å²) in [6, 6.07) is 16.8. The average molecular weight is 982 g/mol. The topological polar surface area (TPSA) is 145 Å². The number of aromatic nitrogens is 4. The highest BCUT2D eigenvalue weighted by Crippen LogP contribution is 2.43. The highest BCUT2D eigenvalue weighted by atomic mass is 35.5. The molecule has 15 nitrogen and oxygen atoms in total. The van der Waals surface area contributed by atoms with Gasteiger partial charge in [-0.1, -0.05) is 66.7 Å². The van der Waals surface area contributed by atoms with Gasteiger partial charge in [-0.2, -0.15) is 19.9 Å². The first kappa shape index (κ1) is 48.1. The molecule has 4 aromatic carbocycles. The predicted octanol–water partition coefficient (Wildman–Crippen LogP) is 8.05. The van der Waals surface area contributed by atoms with E-state index in [2.05, 4.69) is 48.9 Å². The Morgan fingerprint density at radius 1 is 0.870 bits per heavy atom. The van der Waals surface area contributed by atoms with Crippen molar-refractivity contribution in [3.8, 4) is 28.9 Å². The molecule has 0 unspecified atom stereocenters. The Morgan fingerprint density at radius 2 is 1.55 bits per heavy atom. The number of nitrogens with zero attached hydrogens (tertiary/aromatic N) is 10. The fourth-order valence-corrected chi connectivity index (χ4v) is 9.53. The molecular weight excluding hydrogens is 937 g/mol. The first-order chi connectivity index (χ1) is 33.3. The van der Waals surface area contributed by atoms with Gasteiger partial charge in [-0.3, -0.25) is 9.59 Å². The zero-order valence-electron chi connectivity index (χ0n) is 37.6. The number of fused-ring (bicyclic) bond motifs is 3. The van der Waals surface area contributed by atoms with Gasteiger partial charge in [0.2, 0.25) is 12.5 Å². The van der Waals surface area contributed by atoms with Crippen LogP contribution in [0.5, 0.6) is 17.8 Å². The minimum Gasteiger partial charge on any atom is -0.507 e. The van der Waals surface area contributed by atoms with Crippen molar-refractivity contribution in [3.05, 3.63) is 130 Å². The van der Waals surface area contributed by atoms with Crippen molar-refractivity contribution in [2.24, 2.45) is 0 Å². The summed E-state index contributed by atoms with van der Waals surface area (Å²) in [5.74, 6) is -3.02. The van der Waals surface area contributed by atoms with Crippen molar-refractivity contribution in [2.75, 3.05) is 87.8 Å². The highest BCUT2D eigenvalue weighted by Gasteiger charge is 2.36. The smallest absolute Gasteiger partial charge is 0.318 e. The summed E-state index contributed by atoms with van der Waals surface area (Å²) in [6.45, 7) is 18.1. The largest absolute Gasteiger partial charge is 0.507 e. The molecule has 0 spiro atoms. The molecule has 0 saturated carbocycles. The highest BCUT2D eigenvalue weighted by molar-refractivity contribution is 6.36. The number of anilines is 3. The van der Waals surface area contributed by atoms with Crippen LogP contribution < -0.4 is 24.2 Å². The minimum absolute atomic E-state index is 0.0650. The lowest BCUT2D eigenvalue weighted by molar-refractivity contribution is -0.131. The Kier molecular flexibility index (Phi) is 14.3. The third-order valence-electron chi connectivity index (χ3n) is 12.3. The SMILES string of the molecule is C=CC(=O)N1CCN(c2nc(OC)nc3c(F)c(-c4c(O)cccc4F)c(Cl)cc23)CC1.[C-]#[N+]C[C@H]1CN(c2nc(OC)nc3c2CCN(c2cccc4cccc(Cl)c24)C3)CCN1C(=O)C(=C)F. The number of halogens is 5. The van der Waals surface area contributed by atoms with Crippen LogP contribution in [0.4, 0.5) is 30.5 Å². The third-order valence-corrected chi connectivity index (χ3v) is 12.9. The molecule has 1 atom stereocenters. The third kappa shape index (κ3) is 9.57. The molecule has 2 aromatic heterocycles. The van der Waals surface area contributed by atoms with Gasteiger partial charge in [0, 0.05) is 79.9 Å². The van der Waals surface area contributed by atoms with Crippen molar-refractivity contribution in [1.82, 2.24) is 29.7 Å². The Hall–Kier alpha value is -7.36. The van der Waals surface area contributed by atoms with Gasteiger partial charge in [0.15, 0.2) is 11.6 Å². The molecule has 6 aromatic rings. The lowest BCUT2D eigenvalue weighted by Crippen LogP contribution is -2.57. The van der Waals surface area contributed by atoms with Crippen LogP contribution in [0.3, 0.4) is 0 Å². The Morgan fingerprint density at radius 3 is 2.23 bits per heavy atom. The molecule has 356 valence electrons. The summed E-state index contributed by atoms with van der Waals surface area (Å²) < 4.78 is 54.3. The van der Waals surface area contributed by atoms with Gasteiger partial charge in [-0.05, 0) is 48.2 Å². The van der Waals surface area contributed by atoms with E-state index in [-0.39, 0.29) is 52.7 Å². The zero-order valence-corrected chi connectivity index (χ0v) is 39.1. The molecule has 9 rings (SSSR count). The van der Waals surface area contributed by atoms with Gasteiger partial charge < -0.3 is 43.9 Å². The number of piperazine rings is 2. The van der Waals surface area contributed by atoms with Crippen LogP contribution in [0.1, 0.15) is 11.3 Å². The summed E-state index contributed by atoms with van der Waals surface area (Å²) >= 11 is 13.0. The van der Waals surface area contributed by atoms with Gasteiger partial charge >= 0.3 is 12.0 Å². The maximum Gasteiger partial charge on any atom is 0.318 e. The maximum atomic E-state index is 15.7. The van der Waals surface area contributed by atoms with Crippen molar-refractivity contribution in [3.63, 3.8) is 0 Å². The van der Waals surface area contributed by atoms with E-state index in [9.17, 15) is 23.5 Å². The first-order valence-corrected chi connectivity index (χ1v) is 22.5. The number of hydrogen-bond donors (Lipinski definition) is 1. The number of phenolic OH excluding ortho intramolecular Hbond substituents is 1. The number of hydrogen-bond acceptors (Lipinski definition) is 12. The van der Waals surface area contributed by atoms with Crippen LogP contribution in [0, 0.1) is 18.2 Å². The van der Waals surface area contributed by atoms with Gasteiger partial charge in [-0.25, -0.2) is 19.7 Å².